The molecule has 0 saturated carbocycles. The van der Waals surface area contributed by atoms with E-state index in [-0.39, 0.29) is 24.0 Å². The zero-order valence-corrected chi connectivity index (χ0v) is 17.4. The van der Waals surface area contributed by atoms with Crippen LogP contribution in [-0.4, -0.2) is 44.7 Å². The average molecular weight is 424 g/mol. The smallest absolute Gasteiger partial charge is 0.296 e. The van der Waals surface area contributed by atoms with Crippen LogP contribution in [0.1, 0.15) is 46.9 Å². The van der Waals surface area contributed by atoms with Gasteiger partial charge in [-0.2, -0.15) is 0 Å². The van der Waals surface area contributed by atoms with Gasteiger partial charge in [-0.1, -0.05) is 19.1 Å². The van der Waals surface area contributed by atoms with Crippen LogP contribution in [0.15, 0.2) is 36.7 Å². The second-order valence-corrected chi connectivity index (χ2v) is 7.74. The van der Waals surface area contributed by atoms with Gasteiger partial charge in [0.2, 0.25) is 5.91 Å². The quantitative estimate of drug-likeness (QED) is 0.451. The number of amides is 2. The molecule has 0 saturated heterocycles. The number of aryl methyl sites for hydroxylation is 1. The zero-order valence-electron chi connectivity index (χ0n) is 17.4. The first-order chi connectivity index (χ1) is 15.0. The van der Waals surface area contributed by atoms with Crippen LogP contribution < -0.4 is 5.32 Å². The molecule has 0 aliphatic carbocycles. The molecule has 0 spiro atoms. The highest BCUT2D eigenvalue weighted by molar-refractivity contribution is 6.00. The number of pyridine rings is 1. The Bertz CT molecular complexity index is 1120. The Morgan fingerprint density at radius 3 is 2.81 bits per heavy atom. The zero-order chi connectivity index (χ0) is 22.0. The van der Waals surface area contributed by atoms with Gasteiger partial charge in [-0.25, -0.2) is 14.4 Å². The van der Waals surface area contributed by atoms with Gasteiger partial charge in [0.1, 0.15) is 11.5 Å². The molecule has 3 aromatic rings. The molecule has 3 heterocycles. The Kier molecular flexibility index (Phi) is 5.99. The molecule has 0 radical (unpaired) electrons. The standard InChI is InChI=1S/C23H25FN4O3/c1-2-20(29)25-10-3-4-16-14-27(13-15-5-7-17(24)8-6-15)19-12-26-22-18(21(16)19)9-11-28(31)23(22)30/h5-8,12,14,31H,2-4,9-11,13H2,1H3,(H,25,29). The van der Waals surface area contributed by atoms with Crippen LogP contribution in [0.2, 0.25) is 0 Å². The molecule has 31 heavy (non-hydrogen) atoms. The summed E-state index contributed by atoms with van der Waals surface area (Å²) in [5.41, 5.74) is 4.05. The third-order valence-electron chi connectivity index (χ3n) is 5.64. The van der Waals surface area contributed by atoms with Crippen molar-refractivity contribution in [2.24, 2.45) is 0 Å². The fourth-order valence-electron chi connectivity index (χ4n) is 4.05. The summed E-state index contributed by atoms with van der Waals surface area (Å²) in [6.07, 6.45) is 6.17. The lowest BCUT2D eigenvalue weighted by Gasteiger charge is -2.23. The van der Waals surface area contributed by atoms with Gasteiger partial charge in [-0.15, -0.1) is 0 Å². The highest BCUT2D eigenvalue weighted by atomic mass is 19.1. The van der Waals surface area contributed by atoms with E-state index in [4.69, 9.17) is 0 Å². The number of rotatable bonds is 7. The van der Waals surface area contributed by atoms with Crippen molar-refractivity contribution in [3.8, 4) is 0 Å². The topological polar surface area (TPSA) is 87.5 Å². The van der Waals surface area contributed by atoms with Crippen LogP contribution >= 0.6 is 0 Å². The van der Waals surface area contributed by atoms with E-state index >= 15 is 0 Å². The van der Waals surface area contributed by atoms with Crippen LogP contribution in [-0.2, 0) is 24.2 Å². The summed E-state index contributed by atoms with van der Waals surface area (Å²) in [6, 6.07) is 6.38. The van der Waals surface area contributed by atoms with Gasteiger partial charge in [0.25, 0.3) is 5.91 Å². The van der Waals surface area contributed by atoms with E-state index in [2.05, 4.69) is 14.9 Å². The molecule has 1 aliphatic rings. The summed E-state index contributed by atoms with van der Waals surface area (Å²) in [5.74, 6) is -0.747. The summed E-state index contributed by atoms with van der Waals surface area (Å²) in [6.45, 7) is 3.17. The highest BCUT2D eigenvalue weighted by Crippen LogP contribution is 2.31. The van der Waals surface area contributed by atoms with Crippen LogP contribution in [0, 0.1) is 5.82 Å². The molecule has 8 heteroatoms. The van der Waals surface area contributed by atoms with Gasteiger partial charge in [0, 0.05) is 31.1 Å². The molecule has 1 aliphatic heterocycles. The molecule has 0 fully saturated rings. The maximum absolute atomic E-state index is 13.3. The largest absolute Gasteiger partial charge is 0.356 e. The molecular formula is C23H25FN4O3. The van der Waals surface area contributed by atoms with Crippen molar-refractivity contribution < 1.29 is 19.2 Å². The molecule has 0 bridgehead atoms. The summed E-state index contributed by atoms with van der Waals surface area (Å²) >= 11 is 0. The number of hydrogen-bond donors (Lipinski definition) is 2. The minimum absolute atomic E-state index is 0.0222. The summed E-state index contributed by atoms with van der Waals surface area (Å²) in [5, 5.41) is 14.4. The molecule has 2 N–H and O–H groups in total. The fraction of sp³-hybridized carbons (Fsp3) is 0.348. The molecule has 0 atom stereocenters. The van der Waals surface area contributed by atoms with E-state index in [1.807, 2.05) is 13.1 Å². The van der Waals surface area contributed by atoms with Crippen molar-refractivity contribution in [1.29, 1.82) is 0 Å². The molecular weight excluding hydrogens is 399 g/mol. The average Bonchev–Trinajstić information content (AvgIpc) is 3.12. The number of benzene rings is 1. The third kappa shape index (κ3) is 4.29. The molecule has 4 rings (SSSR count). The number of halogens is 1. The van der Waals surface area contributed by atoms with Crippen molar-refractivity contribution in [2.45, 2.75) is 39.2 Å². The minimum atomic E-state index is -0.490. The first kappa shape index (κ1) is 21.0. The lowest BCUT2D eigenvalue weighted by molar-refractivity contribution is -0.120. The van der Waals surface area contributed by atoms with E-state index < -0.39 is 5.91 Å². The predicted octanol–water partition coefficient (Wildman–Crippen LogP) is 3.07. The van der Waals surface area contributed by atoms with Crippen molar-refractivity contribution in [1.82, 2.24) is 19.9 Å². The Morgan fingerprint density at radius 2 is 2.06 bits per heavy atom. The third-order valence-corrected chi connectivity index (χ3v) is 5.64. The number of nitrogens with one attached hydrogen (secondary N) is 1. The van der Waals surface area contributed by atoms with Crippen LogP contribution in [0.3, 0.4) is 0 Å². The van der Waals surface area contributed by atoms with E-state index in [0.29, 0.717) is 31.0 Å². The number of carbonyl (C=O) groups is 2. The number of fused-ring (bicyclic) bond motifs is 3. The minimum Gasteiger partial charge on any atom is -0.356 e. The predicted molar refractivity (Wildman–Crippen MR) is 113 cm³/mol. The van der Waals surface area contributed by atoms with Gasteiger partial charge in [-0.3, -0.25) is 14.8 Å². The fourth-order valence-corrected chi connectivity index (χ4v) is 4.05. The van der Waals surface area contributed by atoms with Gasteiger partial charge < -0.3 is 9.88 Å². The Morgan fingerprint density at radius 1 is 1.29 bits per heavy atom. The van der Waals surface area contributed by atoms with Crippen LogP contribution in [0.5, 0.6) is 0 Å². The first-order valence-electron chi connectivity index (χ1n) is 10.5. The molecule has 162 valence electrons. The van der Waals surface area contributed by atoms with E-state index in [9.17, 15) is 19.2 Å². The summed E-state index contributed by atoms with van der Waals surface area (Å²) < 4.78 is 15.4. The Hall–Kier alpha value is -3.26. The molecule has 7 nitrogen and oxygen atoms in total. The number of carbonyl (C=O) groups excluding carboxylic acids is 2. The first-order valence-corrected chi connectivity index (χ1v) is 10.5. The highest BCUT2D eigenvalue weighted by Gasteiger charge is 2.28. The number of hydrogen-bond acceptors (Lipinski definition) is 4. The van der Waals surface area contributed by atoms with Crippen molar-refractivity contribution in [3.63, 3.8) is 0 Å². The maximum atomic E-state index is 13.3. The van der Waals surface area contributed by atoms with Gasteiger partial charge in [0.05, 0.1) is 18.3 Å². The SMILES string of the molecule is CCC(=O)NCCCc1cn(Cc2ccc(F)cc2)c2cnc3c(c12)CCN(O)C3=O. The normalized spacial score (nSPS) is 13.5. The molecule has 0 unspecified atom stereocenters. The second-order valence-electron chi connectivity index (χ2n) is 7.74. The van der Waals surface area contributed by atoms with Crippen molar-refractivity contribution in [3.05, 3.63) is 64.9 Å². The van der Waals surface area contributed by atoms with E-state index in [0.717, 1.165) is 40.4 Å². The lowest BCUT2D eigenvalue weighted by atomic mass is 9.97. The van der Waals surface area contributed by atoms with Crippen molar-refractivity contribution >= 4 is 22.7 Å². The molecule has 2 aromatic heterocycles. The number of hydroxylamine groups is 2. The molecule has 2 amide bonds. The van der Waals surface area contributed by atoms with Crippen molar-refractivity contribution in [2.75, 3.05) is 13.1 Å². The summed E-state index contributed by atoms with van der Waals surface area (Å²) in [7, 11) is 0. The van der Waals surface area contributed by atoms with Crippen LogP contribution in [0.4, 0.5) is 4.39 Å². The monoisotopic (exact) mass is 424 g/mol. The Labute approximate surface area is 179 Å². The van der Waals surface area contributed by atoms with Gasteiger partial charge in [0.15, 0.2) is 0 Å². The number of nitrogens with zero attached hydrogens (tertiary/aromatic N) is 3. The van der Waals surface area contributed by atoms with E-state index in [1.165, 1.54) is 12.1 Å². The number of aromatic nitrogens is 2. The second kappa shape index (κ2) is 8.85. The Balaban J connectivity index is 1.70. The van der Waals surface area contributed by atoms with Gasteiger partial charge in [-0.05, 0) is 48.1 Å². The van der Waals surface area contributed by atoms with Gasteiger partial charge >= 0.3 is 0 Å². The summed E-state index contributed by atoms with van der Waals surface area (Å²) in [4.78, 5) is 28.3. The molecule has 1 aromatic carbocycles. The van der Waals surface area contributed by atoms with E-state index in [1.54, 1.807) is 18.3 Å². The van der Waals surface area contributed by atoms with Crippen LogP contribution in [0.25, 0.3) is 10.9 Å². The maximum Gasteiger partial charge on any atom is 0.296 e. The lowest BCUT2D eigenvalue weighted by Crippen LogP contribution is -2.35.